The van der Waals surface area contributed by atoms with Gasteiger partial charge in [0, 0.05) is 66.7 Å². The molecule has 0 atom stereocenters. The number of allylic oxidation sites excluding steroid dienone is 10. The number of azo groups is 2. The molecule has 0 unspecified atom stereocenters. The van der Waals surface area contributed by atoms with Crippen molar-refractivity contribution in [2.75, 3.05) is 0 Å². The van der Waals surface area contributed by atoms with Crippen LogP contribution in [0.25, 0.3) is 33.2 Å². The lowest BCUT2D eigenvalue weighted by molar-refractivity contribution is -0.114. The van der Waals surface area contributed by atoms with Crippen LogP contribution >= 0.6 is 34.5 Å². The van der Waals surface area contributed by atoms with E-state index in [0.717, 1.165) is 31.7 Å². The molecule has 2 aliphatic rings. The van der Waals surface area contributed by atoms with Gasteiger partial charge < -0.3 is 0 Å². The lowest BCUT2D eigenvalue weighted by Gasteiger charge is -2.31. The molecule has 0 bridgehead atoms. The van der Waals surface area contributed by atoms with Crippen LogP contribution in [-0.4, -0.2) is 21.5 Å². The summed E-state index contributed by atoms with van der Waals surface area (Å²) in [5.74, 6) is 0.0407. The molecule has 0 amide bonds. The Morgan fingerprint density at radius 2 is 0.825 bits per heavy atom. The Bertz CT molecular complexity index is 2710. The highest BCUT2D eigenvalue weighted by molar-refractivity contribution is 7.14. The predicted octanol–water partition coefficient (Wildman–Crippen LogP) is 16.2. The minimum absolute atomic E-state index is 0.0203. The number of thiophene rings is 1. The number of benzene rings is 2. The first-order valence-electron chi connectivity index (χ1n) is 20.9. The van der Waals surface area contributed by atoms with Crippen molar-refractivity contribution < 1.29 is 9.59 Å². The van der Waals surface area contributed by atoms with Gasteiger partial charge in [-0.1, -0.05) is 106 Å². The zero-order chi connectivity index (χ0) is 45.8. The Kier molecular flexibility index (Phi) is 12.2. The fourth-order valence-electron chi connectivity index (χ4n) is 7.44. The van der Waals surface area contributed by atoms with Crippen molar-refractivity contribution in [3.8, 4) is 0 Å². The molecule has 322 valence electrons. The van der Waals surface area contributed by atoms with Gasteiger partial charge in [0.1, 0.15) is 11.4 Å². The molecule has 2 aromatic carbocycles. The first-order chi connectivity index (χ1) is 29.4. The number of carbonyl (C=O) groups is 2. The van der Waals surface area contributed by atoms with Crippen molar-refractivity contribution >= 4 is 90.7 Å². The molecule has 5 aromatic rings. The third kappa shape index (κ3) is 9.71. The van der Waals surface area contributed by atoms with Crippen LogP contribution in [0.1, 0.15) is 92.8 Å². The van der Waals surface area contributed by atoms with E-state index in [1.54, 1.807) is 24.5 Å². The average Bonchev–Trinajstić information content (AvgIpc) is 3.66. The fourth-order valence-corrected chi connectivity index (χ4v) is 8.80. The highest BCUT2D eigenvalue weighted by atomic mass is 35.5. The second kappa shape index (κ2) is 16.9. The third-order valence-electron chi connectivity index (χ3n) is 10.9. The number of Topliss-reactive ketones (excluding diaryl/α,β-unsaturated/α-hetero) is 2. The SMILES string of the molecule is CC(C)(C)C1=CC(=C(/N=N/c2ccnc3cc(Cl)ccc23)c2ccc(C(/N=N/c3ccnc4cc(Cl)ccc34)=C3C=C(C(C)(C)C)C(=O)C(C(C)(C)C)=C3)s2)C=C(C(C)(C)C)C1=O. The highest BCUT2D eigenvalue weighted by Gasteiger charge is 2.37. The van der Waals surface area contributed by atoms with Gasteiger partial charge in [-0.25, -0.2) is 0 Å². The largest absolute Gasteiger partial charge is 0.289 e. The number of hydrogen-bond acceptors (Lipinski definition) is 9. The van der Waals surface area contributed by atoms with Crippen molar-refractivity contribution in [1.29, 1.82) is 0 Å². The second-order valence-corrected chi connectivity index (χ2v) is 22.0. The van der Waals surface area contributed by atoms with Crippen molar-refractivity contribution in [2.45, 2.75) is 83.1 Å². The summed E-state index contributed by atoms with van der Waals surface area (Å²) in [5, 5.41) is 22.5. The molecule has 63 heavy (non-hydrogen) atoms. The summed E-state index contributed by atoms with van der Waals surface area (Å²) in [6.45, 7) is 24.6. The van der Waals surface area contributed by atoms with Crippen molar-refractivity contribution in [3.63, 3.8) is 0 Å². The summed E-state index contributed by atoms with van der Waals surface area (Å²) in [7, 11) is 0. The van der Waals surface area contributed by atoms with Crippen LogP contribution in [0.2, 0.25) is 10.0 Å². The van der Waals surface area contributed by atoms with E-state index in [9.17, 15) is 9.59 Å². The first kappa shape index (κ1) is 45.5. The van der Waals surface area contributed by atoms with Crippen LogP contribution in [0.15, 0.2) is 151 Å². The minimum atomic E-state index is -0.455. The number of pyridine rings is 2. The van der Waals surface area contributed by atoms with Gasteiger partial charge in [0.05, 0.1) is 32.2 Å². The summed E-state index contributed by atoms with van der Waals surface area (Å²) in [6.07, 6.45) is 11.2. The molecular formula is C52H52Cl2N6O2S. The summed E-state index contributed by atoms with van der Waals surface area (Å²) >= 11 is 14.2. The third-order valence-corrected chi connectivity index (χ3v) is 12.5. The Morgan fingerprint density at radius 3 is 1.14 bits per heavy atom. The Morgan fingerprint density at radius 1 is 0.492 bits per heavy atom. The van der Waals surface area contributed by atoms with Crippen molar-refractivity contribution in [3.05, 3.63) is 151 Å². The van der Waals surface area contributed by atoms with E-state index in [0.29, 0.717) is 66.1 Å². The van der Waals surface area contributed by atoms with Crippen molar-refractivity contribution in [2.24, 2.45) is 42.1 Å². The molecule has 3 aromatic heterocycles. The Labute approximate surface area is 384 Å². The number of ketones is 2. The van der Waals surface area contributed by atoms with Crippen LogP contribution < -0.4 is 0 Å². The van der Waals surface area contributed by atoms with Crippen LogP contribution in [0.4, 0.5) is 11.4 Å². The Balaban J connectivity index is 1.51. The molecule has 0 aliphatic heterocycles. The summed E-state index contributed by atoms with van der Waals surface area (Å²) in [5.41, 5.74) is 6.23. The molecular weight excluding hydrogens is 844 g/mol. The highest BCUT2D eigenvalue weighted by Crippen LogP contribution is 2.45. The summed E-state index contributed by atoms with van der Waals surface area (Å²) in [6, 6.07) is 18.7. The fraction of sp³-hybridized carbons (Fsp3) is 0.308. The molecule has 2 aliphatic carbocycles. The molecule has 0 saturated heterocycles. The predicted molar refractivity (Wildman–Crippen MR) is 261 cm³/mol. The maximum absolute atomic E-state index is 14.1. The topological polar surface area (TPSA) is 109 Å². The maximum atomic E-state index is 14.1. The van der Waals surface area contributed by atoms with Gasteiger partial charge in [-0.2, -0.15) is 0 Å². The number of nitrogens with zero attached hydrogens (tertiary/aromatic N) is 6. The quantitative estimate of drug-likeness (QED) is 0.158. The minimum Gasteiger partial charge on any atom is -0.289 e. The first-order valence-corrected chi connectivity index (χ1v) is 22.5. The normalized spacial score (nSPS) is 15.7. The molecule has 0 radical (unpaired) electrons. The van der Waals surface area contributed by atoms with Gasteiger partial charge in [0.2, 0.25) is 0 Å². The lowest BCUT2D eigenvalue weighted by Crippen LogP contribution is -2.28. The average molecular weight is 896 g/mol. The molecule has 8 nitrogen and oxygen atoms in total. The zero-order valence-electron chi connectivity index (χ0n) is 37.9. The van der Waals surface area contributed by atoms with Gasteiger partial charge in [-0.3, -0.25) is 19.6 Å². The number of aromatic nitrogens is 2. The van der Waals surface area contributed by atoms with Gasteiger partial charge in [0.15, 0.2) is 11.6 Å². The van der Waals surface area contributed by atoms with Crippen LogP contribution in [0.5, 0.6) is 0 Å². The van der Waals surface area contributed by atoms with E-state index in [4.69, 9.17) is 43.7 Å². The molecule has 0 spiro atoms. The number of hydrogen-bond donors (Lipinski definition) is 0. The van der Waals surface area contributed by atoms with Gasteiger partial charge >= 0.3 is 0 Å². The lowest BCUT2D eigenvalue weighted by atomic mass is 9.71. The monoisotopic (exact) mass is 894 g/mol. The van der Waals surface area contributed by atoms with Crippen LogP contribution in [-0.2, 0) is 9.59 Å². The molecule has 3 heterocycles. The van der Waals surface area contributed by atoms with Crippen LogP contribution in [0, 0.1) is 21.7 Å². The number of rotatable bonds is 6. The Hall–Kier alpha value is -5.48. The second-order valence-electron chi connectivity index (χ2n) is 20.0. The van der Waals surface area contributed by atoms with Crippen LogP contribution in [0.3, 0.4) is 0 Å². The number of halogens is 2. The van der Waals surface area contributed by atoms with E-state index in [1.807, 2.05) is 72.8 Å². The van der Waals surface area contributed by atoms with Gasteiger partial charge in [0.25, 0.3) is 0 Å². The number of carbonyl (C=O) groups excluding carboxylic acids is 2. The van der Waals surface area contributed by atoms with E-state index in [1.165, 1.54) is 11.3 Å². The zero-order valence-corrected chi connectivity index (χ0v) is 40.2. The van der Waals surface area contributed by atoms with E-state index < -0.39 is 21.7 Å². The van der Waals surface area contributed by atoms with Gasteiger partial charge in [-0.15, -0.1) is 31.8 Å². The van der Waals surface area contributed by atoms with Crippen molar-refractivity contribution in [1.82, 2.24) is 9.97 Å². The molecule has 7 rings (SSSR count). The molecule has 11 heteroatoms. The maximum Gasteiger partial charge on any atom is 0.186 e. The standard InChI is InChI=1S/C52H52Cl2N6O2S/c1-49(2,3)35-23-29(24-36(47(35)61)50(4,5)6)45(59-57-39-19-21-55-41-27-31(53)13-15-33(39)41)43-17-18-44(63-43)46(60-58-40-20-22-56-42-28-32(54)14-16-34(40)42)30-25-37(51(7,8)9)48(62)38(26-30)52(10,11)12/h13-28H,1-12H3/b59-57+,60-58+. The van der Waals surface area contributed by atoms with E-state index in [-0.39, 0.29) is 11.6 Å². The molecule has 0 fully saturated rings. The van der Waals surface area contributed by atoms with E-state index >= 15 is 0 Å². The van der Waals surface area contributed by atoms with E-state index in [2.05, 4.69) is 93.1 Å². The molecule has 0 saturated carbocycles. The summed E-state index contributed by atoms with van der Waals surface area (Å²) in [4.78, 5) is 38.9. The van der Waals surface area contributed by atoms with Gasteiger partial charge in [-0.05, 0) is 107 Å². The smallest absolute Gasteiger partial charge is 0.186 e. The number of fused-ring (bicyclic) bond motifs is 2. The molecule has 0 N–H and O–H groups in total. The summed E-state index contributed by atoms with van der Waals surface area (Å²) < 4.78 is 0.